The first-order valence-electron chi connectivity index (χ1n) is 8.21. The minimum atomic E-state index is -0.887. The molecule has 136 valence electrons. The van der Waals surface area contributed by atoms with Gasteiger partial charge >= 0.3 is 5.97 Å². The van der Waals surface area contributed by atoms with Crippen LogP contribution in [0.25, 0.3) is 0 Å². The standard InChI is InChI=1S/C18H19N3O4S/c1-3-20-17(24)13(19(2)18(20)26)8-9-15-21(11-10-16(22)23)12-6-4-5-7-14(12)25-15/h4-9H,3,10-11H2,1-2H3,(H,22,23)/b13-8+,15-9+. The lowest BCUT2D eigenvalue weighted by Crippen LogP contribution is -2.30. The highest BCUT2D eigenvalue weighted by atomic mass is 32.1. The van der Waals surface area contributed by atoms with Gasteiger partial charge in [0, 0.05) is 26.2 Å². The Bertz CT molecular complexity index is 833. The van der Waals surface area contributed by atoms with Crippen molar-refractivity contribution >= 4 is 34.9 Å². The molecule has 7 nitrogen and oxygen atoms in total. The number of allylic oxidation sites excluding steroid dienone is 2. The van der Waals surface area contributed by atoms with Crippen LogP contribution in [-0.4, -0.2) is 52.0 Å². The largest absolute Gasteiger partial charge is 0.481 e. The molecule has 1 amide bonds. The SMILES string of the molecule is CCN1C(=O)/C(=C\C=C2\Oc3ccccc3N2CCC(=O)O)N(C)C1=S. The number of hydrogen-bond acceptors (Lipinski definition) is 5. The summed E-state index contributed by atoms with van der Waals surface area (Å²) in [6.07, 6.45) is 3.30. The van der Waals surface area contributed by atoms with Crippen LogP contribution in [0.1, 0.15) is 13.3 Å². The van der Waals surface area contributed by atoms with Crippen molar-refractivity contribution in [2.24, 2.45) is 0 Å². The van der Waals surface area contributed by atoms with Crippen LogP contribution in [0, 0.1) is 0 Å². The maximum Gasteiger partial charge on any atom is 0.305 e. The van der Waals surface area contributed by atoms with E-state index in [1.54, 1.807) is 29.0 Å². The van der Waals surface area contributed by atoms with Crippen LogP contribution in [-0.2, 0) is 9.59 Å². The summed E-state index contributed by atoms with van der Waals surface area (Å²) in [4.78, 5) is 28.4. The predicted octanol–water partition coefficient (Wildman–Crippen LogP) is 2.16. The normalized spacial score (nSPS) is 19.5. The lowest BCUT2D eigenvalue weighted by atomic mass is 10.2. The van der Waals surface area contributed by atoms with Crippen LogP contribution < -0.4 is 9.64 Å². The van der Waals surface area contributed by atoms with E-state index in [2.05, 4.69) is 0 Å². The highest BCUT2D eigenvalue weighted by Gasteiger charge is 2.34. The Morgan fingerprint density at radius 2 is 2.00 bits per heavy atom. The fourth-order valence-corrected chi connectivity index (χ4v) is 3.19. The molecule has 8 heteroatoms. The molecule has 2 heterocycles. The van der Waals surface area contributed by atoms with Gasteiger partial charge in [0.15, 0.2) is 10.9 Å². The van der Waals surface area contributed by atoms with E-state index in [1.165, 1.54) is 4.90 Å². The fraction of sp³-hybridized carbons (Fsp3) is 0.278. The van der Waals surface area contributed by atoms with Gasteiger partial charge in [0.25, 0.3) is 5.91 Å². The minimum absolute atomic E-state index is 0.0296. The van der Waals surface area contributed by atoms with Gasteiger partial charge in [-0.1, -0.05) is 12.1 Å². The molecule has 0 atom stereocenters. The highest BCUT2D eigenvalue weighted by Crippen LogP contribution is 2.38. The third-order valence-electron chi connectivity index (χ3n) is 4.23. The molecule has 26 heavy (non-hydrogen) atoms. The van der Waals surface area contributed by atoms with Gasteiger partial charge in [-0.05, 0) is 37.4 Å². The van der Waals surface area contributed by atoms with E-state index in [0.29, 0.717) is 29.0 Å². The molecule has 0 saturated carbocycles. The van der Waals surface area contributed by atoms with Crippen molar-refractivity contribution in [1.82, 2.24) is 9.80 Å². The fourth-order valence-electron chi connectivity index (χ4n) is 2.88. The zero-order valence-corrected chi connectivity index (χ0v) is 15.3. The van der Waals surface area contributed by atoms with E-state index in [1.807, 2.05) is 31.2 Å². The number of anilines is 1. The molecule has 0 aromatic heterocycles. The number of benzene rings is 1. The Hall–Kier alpha value is -2.87. The number of likely N-dealkylation sites (N-methyl/N-ethyl adjacent to an activating group) is 2. The Balaban J connectivity index is 1.91. The van der Waals surface area contributed by atoms with Crippen LogP contribution >= 0.6 is 12.2 Å². The molecular weight excluding hydrogens is 354 g/mol. The maximum absolute atomic E-state index is 12.4. The zero-order chi connectivity index (χ0) is 18.8. The lowest BCUT2D eigenvalue weighted by molar-refractivity contribution is -0.136. The molecule has 3 rings (SSSR count). The van der Waals surface area contributed by atoms with Gasteiger partial charge in [-0.25, -0.2) is 0 Å². The Morgan fingerprint density at radius 1 is 1.27 bits per heavy atom. The van der Waals surface area contributed by atoms with Crippen molar-refractivity contribution in [3.8, 4) is 5.75 Å². The molecule has 1 saturated heterocycles. The first-order chi connectivity index (χ1) is 12.4. The number of amides is 1. The number of ether oxygens (including phenoxy) is 1. The van der Waals surface area contributed by atoms with Crippen molar-refractivity contribution in [3.63, 3.8) is 0 Å². The zero-order valence-electron chi connectivity index (χ0n) is 14.5. The molecule has 1 fully saturated rings. The van der Waals surface area contributed by atoms with E-state index >= 15 is 0 Å². The van der Waals surface area contributed by atoms with Crippen LogP contribution in [0.4, 0.5) is 5.69 Å². The number of fused-ring (bicyclic) bond motifs is 1. The van der Waals surface area contributed by atoms with Crippen LogP contribution in [0.15, 0.2) is 48.0 Å². The number of para-hydroxylation sites is 2. The van der Waals surface area contributed by atoms with Gasteiger partial charge in [-0.3, -0.25) is 14.5 Å². The molecule has 0 spiro atoms. The molecule has 0 aliphatic carbocycles. The number of rotatable bonds is 5. The van der Waals surface area contributed by atoms with E-state index < -0.39 is 5.97 Å². The number of carboxylic acids is 1. The van der Waals surface area contributed by atoms with Gasteiger partial charge in [0.05, 0.1) is 12.1 Å². The number of carboxylic acid groups (broad SMARTS) is 1. The average molecular weight is 373 g/mol. The van der Waals surface area contributed by atoms with Crippen LogP contribution in [0.3, 0.4) is 0 Å². The van der Waals surface area contributed by atoms with Crippen molar-refractivity contribution < 1.29 is 19.4 Å². The second kappa shape index (κ2) is 7.17. The lowest BCUT2D eigenvalue weighted by Gasteiger charge is -2.17. The summed E-state index contributed by atoms with van der Waals surface area (Å²) in [6.45, 7) is 2.64. The van der Waals surface area contributed by atoms with Gasteiger partial charge in [0.2, 0.25) is 5.88 Å². The topological polar surface area (TPSA) is 73.3 Å². The summed E-state index contributed by atoms with van der Waals surface area (Å²) in [6, 6.07) is 7.40. The summed E-state index contributed by atoms with van der Waals surface area (Å²) in [5, 5.41) is 9.45. The first kappa shape index (κ1) is 17.9. The summed E-state index contributed by atoms with van der Waals surface area (Å²) in [5.74, 6) is 0.0764. The number of carbonyl (C=O) groups excluding carboxylic acids is 1. The van der Waals surface area contributed by atoms with Gasteiger partial charge in [-0.15, -0.1) is 0 Å². The number of carbonyl (C=O) groups is 2. The maximum atomic E-state index is 12.4. The number of aliphatic carboxylic acids is 1. The highest BCUT2D eigenvalue weighted by molar-refractivity contribution is 7.80. The monoisotopic (exact) mass is 373 g/mol. The van der Waals surface area contributed by atoms with E-state index in [0.717, 1.165) is 5.69 Å². The van der Waals surface area contributed by atoms with Crippen molar-refractivity contribution in [1.29, 1.82) is 0 Å². The second-order valence-electron chi connectivity index (χ2n) is 5.81. The Morgan fingerprint density at radius 3 is 2.65 bits per heavy atom. The average Bonchev–Trinajstić information content (AvgIpc) is 3.06. The summed E-state index contributed by atoms with van der Waals surface area (Å²) >= 11 is 5.28. The number of nitrogens with zero attached hydrogens (tertiary/aromatic N) is 3. The molecule has 1 aromatic carbocycles. The molecule has 2 aliphatic rings. The molecule has 2 aliphatic heterocycles. The number of thiocarbonyl (C=S) groups is 1. The molecule has 1 aromatic rings. The van der Waals surface area contributed by atoms with E-state index in [4.69, 9.17) is 22.1 Å². The van der Waals surface area contributed by atoms with Crippen LogP contribution in [0.5, 0.6) is 5.75 Å². The van der Waals surface area contributed by atoms with Gasteiger partial charge in [-0.2, -0.15) is 0 Å². The Kier molecular flexibility index (Phi) is 4.94. The smallest absolute Gasteiger partial charge is 0.305 e. The predicted molar refractivity (Wildman–Crippen MR) is 101 cm³/mol. The van der Waals surface area contributed by atoms with Gasteiger partial charge in [0.1, 0.15) is 5.70 Å². The van der Waals surface area contributed by atoms with Crippen molar-refractivity contribution in [3.05, 3.63) is 48.0 Å². The molecule has 0 bridgehead atoms. The Labute approximate surface area is 156 Å². The third-order valence-corrected chi connectivity index (χ3v) is 4.72. The summed E-state index contributed by atoms with van der Waals surface area (Å²) < 4.78 is 5.84. The summed E-state index contributed by atoms with van der Waals surface area (Å²) in [5.41, 5.74) is 1.25. The quantitative estimate of drug-likeness (QED) is 0.626. The second-order valence-corrected chi connectivity index (χ2v) is 6.18. The summed E-state index contributed by atoms with van der Waals surface area (Å²) in [7, 11) is 1.74. The van der Waals surface area contributed by atoms with Gasteiger partial charge < -0.3 is 19.6 Å². The minimum Gasteiger partial charge on any atom is -0.481 e. The number of hydrogen-bond donors (Lipinski definition) is 1. The van der Waals surface area contributed by atoms with E-state index in [9.17, 15) is 9.59 Å². The molecule has 0 unspecified atom stereocenters. The molecule has 0 radical (unpaired) electrons. The molecular formula is C18H19N3O4S. The van der Waals surface area contributed by atoms with Crippen molar-refractivity contribution in [2.45, 2.75) is 13.3 Å². The van der Waals surface area contributed by atoms with Crippen molar-refractivity contribution in [2.75, 3.05) is 25.0 Å². The van der Waals surface area contributed by atoms with Crippen LogP contribution in [0.2, 0.25) is 0 Å². The third kappa shape index (κ3) is 3.15. The van der Waals surface area contributed by atoms with E-state index in [-0.39, 0.29) is 18.9 Å². The first-order valence-corrected chi connectivity index (χ1v) is 8.62. The molecule has 1 N–H and O–H groups in total.